The average molecular weight is 153 g/mol. The number of likely N-dealkylation sites (N-methyl/N-ethyl adjacent to an activating group) is 1. The monoisotopic (exact) mass is 153 g/mol. The van der Waals surface area contributed by atoms with Gasteiger partial charge in [-0.25, -0.2) is 0 Å². The second-order valence-electron chi connectivity index (χ2n) is 2.35. The summed E-state index contributed by atoms with van der Waals surface area (Å²) in [6, 6.07) is 0. The van der Waals surface area contributed by atoms with E-state index in [-0.39, 0.29) is 5.91 Å². The molecule has 0 heterocycles. The first-order chi connectivity index (χ1) is 5.22. The molecule has 0 unspecified atom stereocenters. The molecule has 0 radical (unpaired) electrons. The van der Waals surface area contributed by atoms with Crippen molar-refractivity contribution in [2.75, 3.05) is 13.6 Å². The van der Waals surface area contributed by atoms with Gasteiger partial charge in [-0.05, 0) is 6.42 Å². The highest BCUT2D eigenvalue weighted by Crippen LogP contribution is 1.89. The first-order valence-electron chi connectivity index (χ1n) is 3.76. The first-order valence-corrected chi connectivity index (χ1v) is 3.76. The van der Waals surface area contributed by atoms with Crippen LogP contribution in [0.3, 0.4) is 0 Å². The van der Waals surface area contributed by atoms with E-state index in [1.807, 2.05) is 6.92 Å². The van der Waals surface area contributed by atoms with Crippen LogP contribution < -0.4 is 0 Å². The van der Waals surface area contributed by atoms with Crippen molar-refractivity contribution in [3.63, 3.8) is 0 Å². The molecule has 0 aliphatic carbocycles. The molecule has 0 rings (SSSR count). The summed E-state index contributed by atoms with van der Waals surface area (Å²) in [5.74, 6) is 0.0340. The first kappa shape index (κ1) is 9.95. The van der Waals surface area contributed by atoms with Gasteiger partial charge in [0.05, 0.1) is 0 Å². The lowest BCUT2D eigenvalue weighted by Gasteiger charge is -2.12. The number of carbonyl (C=O) groups is 1. The number of carbonyl (C=O) groups excluding carboxylic acids is 1. The van der Waals surface area contributed by atoms with E-state index in [9.17, 15) is 4.79 Å². The number of hydrogen-bond acceptors (Lipinski definition) is 1. The van der Waals surface area contributed by atoms with Crippen molar-refractivity contribution in [2.24, 2.45) is 0 Å². The molecule has 1 amide bonds. The van der Waals surface area contributed by atoms with Crippen LogP contribution in [0.2, 0.25) is 0 Å². The minimum absolute atomic E-state index is 0.0340. The molecule has 11 heavy (non-hydrogen) atoms. The largest absolute Gasteiger partial charge is 0.342 e. The van der Waals surface area contributed by atoms with Crippen LogP contribution in [0.4, 0.5) is 0 Å². The number of allylic oxidation sites excluding steroid dienone is 2. The molecule has 0 aliphatic rings. The van der Waals surface area contributed by atoms with E-state index in [4.69, 9.17) is 0 Å². The molecule has 0 aromatic rings. The van der Waals surface area contributed by atoms with Gasteiger partial charge >= 0.3 is 0 Å². The van der Waals surface area contributed by atoms with Crippen LogP contribution in [0.25, 0.3) is 0 Å². The van der Waals surface area contributed by atoms with Crippen LogP contribution in [0.1, 0.15) is 13.3 Å². The Morgan fingerprint density at radius 2 is 2.27 bits per heavy atom. The van der Waals surface area contributed by atoms with Gasteiger partial charge < -0.3 is 4.90 Å². The topological polar surface area (TPSA) is 20.3 Å². The Labute approximate surface area is 68.2 Å². The third-order valence-corrected chi connectivity index (χ3v) is 1.31. The maximum atomic E-state index is 11.1. The standard InChI is InChI=1S/C9H15NO/c1-4-6-7-9(11)10(3)8-5-2/h4,6-7H,1,5,8H2,2-3H3/b7-6-. The van der Waals surface area contributed by atoms with Gasteiger partial charge in [-0.3, -0.25) is 4.79 Å². The van der Waals surface area contributed by atoms with Crippen molar-refractivity contribution in [1.29, 1.82) is 0 Å². The molecular formula is C9H15NO. The maximum absolute atomic E-state index is 11.1. The van der Waals surface area contributed by atoms with Crippen molar-refractivity contribution >= 4 is 5.91 Å². The van der Waals surface area contributed by atoms with Crippen molar-refractivity contribution in [3.05, 3.63) is 24.8 Å². The van der Waals surface area contributed by atoms with Gasteiger partial charge in [0, 0.05) is 19.7 Å². The average Bonchev–Trinajstić information content (AvgIpc) is 2.00. The van der Waals surface area contributed by atoms with E-state index >= 15 is 0 Å². The molecule has 0 saturated heterocycles. The van der Waals surface area contributed by atoms with Crippen LogP contribution in [-0.2, 0) is 4.79 Å². The zero-order chi connectivity index (χ0) is 8.69. The van der Waals surface area contributed by atoms with E-state index in [1.54, 1.807) is 24.1 Å². The van der Waals surface area contributed by atoms with Crippen LogP contribution >= 0.6 is 0 Å². The van der Waals surface area contributed by atoms with Gasteiger partial charge in [-0.1, -0.05) is 25.7 Å². The fraction of sp³-hybridized carbons (Fsp3) is 0.444. The van der Waals surface area contributed by atoms with Crippen molar-refractivity contribution in [2.45, 2.75) is 13.3 Å². The molecule has 0 aliphatic heterocycles. The van der Waals surface area contributed by atoms with Gasteiger partial charge in [0.15, 0.2) is 0 Å². The fourth-order valence-electron chi connectivity index (χ4n) is 0.723. The molecule has 2 nitrogen and oxygen atoms in total. The highest BCUT2D eigenvalue weighted by atomic mass is 16.2. The van der Waals surface area contributed by atoms with E-state index in [2.05, 4.69) is 6.58 Å². The molecule has 0 bridgehead atoms. The minimum atomic E-state index is 0.0340. The van der Waals surface area contributed by atoms with Crippen LogP contribution in [-0.4, -0.2) is 24.4 Å². The van der Waals surface area contributed by atoms with Gasteiger partial charge in [0.1, 0.15) is 0 Å². The Hall–Kier alpha value is -1.05. The smallest absolute Gasteiger partial charge is 0.246 e. The van der Waals surface area contributed by atoms with Gasteiger partial charge in [0.2, 0.25) is 5.91 Å². The predicted octanol–water partition coefficient (Wildman–Crippen LogP) is 1.60. The lowest BCUT2D eigenvalue weighted by molar-refractivity contribution is -0.124. The third-order valence-electron chi connectivity index (χ3n) is 1.31. The van der Waals surface area contributed by atoms with E-state index in [1.165, 1.54) is 6.08 Å². The quantitative estimate of drug-likeness (QED) is 0.443. The van der Waals surface area contributed by atoms with Crippen LogP contribution in [0, 0.1) is 0 Å². The molecule has 2 heteroatoms. The zero-order valence-electron chi connectivity index (χ0n) is 7.21. The molecule has 0 aromatic carbocycles. The predicted molar refractivity (Wildman–Crippen MR) is 47.3 cm³/mol. The summed E-state index contributed by atoms with van der Waals surface area (Å²) in [6.07, 6.45) is 5.75. The van der Waals surface area contributed by atoms with Gasteiger partial charge in [-0.15, -0.1) is 0 Å². The summed E-state index contributed by atoms with van der Waals surface area (Å²) in [7, 11) is 1.79. The van der Waals surface area contributed by atoms with Crippen LogP contribution in [0.15, 0.2) is 24.8 Å². The zero-order valence-corrected chi connectivity index (χ0v) is 7.21. The highest BCUT2D eigenvalue weighted by molar-refractivity contribution is 5.87. The van der Waals surface area contributed by atoms with Gasteiger partial charge in [0.25, 0.3) is 0 Å². The Morgan fingerprint density at radius 1 is 1.64 bits per heavy atom. The number of nitrogens with zero attached hydrogens (tertiary/aromatic N) is 1. The van der Waals surface area contributed by atoms with Crippen molar-refractivity contribution < 1.29 is 4.79 Å². The molecule has 0 atom stereocenters. The fourth-order valence-corrected chi connectivity index (χ4v) is 0.723. The lowest BCUT2D eigenvalue weighted by atomic mass is 10.4. The summed E-state index contributed by atoms with van der Waals surface area (Å²) in [5, 5.41) is 0. The molecule has 62 valence electrons. The summed E-state index contributed by atoms with van der Waals surface area (Å²) in [6.45, 7) is 6.33. The van der Waals surface area contributed by atoms with Crippen molar-refractivity contribution in [3.8, 4) is 0 Å². The minimum Gasteiger partial charge on any atom is -0.342 e. The summed E-state index contributed by atoms with van der Waals surface area (Å²) in [4.78, 5) is 12.8. The molecule has 0 spiro atoms. The molecule has 0 fully saturated rings. The Balaban J connectivity index is 3.81. The second kappa shape index (κ2) is 5.71. The Bertz CT molecular complexity index is 161. The molecule has 0 saturated carbocycles. The van der Waals surface area contributed by atoms with Gasteiger partial charge in [-0.2, -0.15) is 0 Å². The Morgan fingerprint density at radius 3 is 2.73 bits per heavy atom. The molecule has 0 aromatic heterocycles. The third kappa shape index (κ3) is 4.37. The van der Waals surface area contributed by atoms with E-state index in [0.29, 0.717) is 0 Å². The SMILES string of the molecule is C=C/C=C\C(=O)N(C)CCC. The maximum Gasteiger partial charge on any atom is 0.246 e. The molecular weight excluding hydrogens is 138 g/mol. The number of amides is 1. The van der Waals surface area contributed by atoms with Crippen LogP contribution in [0.5, 0.6) is 0 Å². The van der Waals surface area contributed by atoms with E-state index < -0.39 is 0 Å². The number of hydrogen-bond donors (Lipinski definition) is 0. The van der Waals surface area contributed by atoms with E-state index in [0.717, 1.165) is 13.0 Å². The number of rotatable bonds is 4. The highest BCUT2D eigenvalue weighted by Gasteiger charge is 2.00. The summed E-state index contributed by atoms with van der Waals surface area (Å²) >= 11 is 0. The second-order valence-corrected chi connectivity index (χ2v) is 2.35. The Kier molecular flexibility index (Phi) is 5.17. The molecule has 0 N–H and O–H groups in total. The van der Waals surface area contributed by atoms with Crippen molar-refractivity contribution in [1.82, 2.24) is 4.90 Å². The lowest BCUT2D eigenvalue weighted by Crippen LogP contribution is -2.25. The summed E-state index contributed by atoms with van der Waals surface area (Å²) < 4.78 is 0. The normalized spacial score (nSPS) is 10.0. The summed E-state index contributed by atoms with van der Waals surface area (Å²) in [5.41, 5.74) is 0.